The Morgan fingerprint density at radius 1 is 1.69 bits per heavy atom. The lowest BCUT2D eigenvalue weighted by molar-refractivity contribution is -0.137. The molecule has 13 heavy (non-hydrogen) atoms. The first-order valence-electron chi connectivity index (χ1n) is 3.52. The molecular formula is C7H8Br2N2O2. The topological polar surface area (TPSA) is 79.1 Å². The summed E-state index contributed by atoms with van der Waals surface area (Å²) in [5.74, 6) is -0.908. The molecule has 72 valence electrons. The fraction of sp³-hybridized carbons (Fsp3) is 0.286. The molecule has 0 fully saturated rings. The van der Waals surface area contributed by atoms with Crippen LogP contribution in [-0.2, 0) is 4.79 Å². The SMILES string of the molecule is N[C@@H](CC(=O)O)c1cc(Br)c(Br)[nH]1. The van der Waals surface area contributed by atoms with Crippen LogP contribution in [-0.4, -0.2) is 16.1 Å². The Bertz CT molecular complexity index is 305. The number of aromatic amines is 1. The number of hydrogen-bond acceptors (Lipinski definition) is 2. The first kappa shape index (κ1) is 10.7. The molecule has 4 N–H and O–H groups in total. The van der Waals surface area contributed by atoms with Gasteiger partial charge in [0.25, 0.3) is 0 Å². The molecule has 0 radical (unpaired) electrons. The van der Waals surface area contributed by atoms with Gasteiger partial charge in [-0.3, -0.25) is 4.79 Å². The number of aromatic nitrogens is 1. The van der Waals surface area contributed by atoms with Crippen molar-refractivity contribution in [1.82, 2.24) is 4.98 Å². The molecule has 0 aliphatic rings. The highest BCUT2D eigenvalue weighted by molar-refractivity contribution is 9.13. The molecular weight excluding hydrogens is 304 g/mol. The highest BCUT2D eigenvalue weighted by Gasteiger charge is 2.13. The Hall–Kier alpha value is -0.330. The number of carbonyl (C=O) groups is 1. The van der Waals surface area contributed by atoms with E-state index in [0.717, 1.165) is 9.08 Å². The maximum Gasteiger partial charge on any atom is 0.305 e. The zero-order valence-corrected chi connectivity index (χ0v) is 9.72. The minimum Gasteiger partial charge on any atom is -0.481 e. The summed E-state index contributed by atoms with van der Waals surface area (Å²) in [6.07, 6.45) is -0.0839. The molecule has 1 heterocycles. The summed E-state index contributed by atoms with van der Waals surface area (Å²) in [7, 11) is 0. The van der Waals surface area contributed by atoms with Crippen molar-refractivity contribution in [3.63, 3.8) is 0 Å². The van der Waals surface area contributed by atoms with Gasteiger partial charge in [-0.05, 0) is 37.9 Å². The van der Waals surface area contributed by atoms with E-state index in [9.17, 15) is 4.79 Å². The number of hydrogen-bond donors (Lipinski definition) is 3. The second kappa shape index (κ2) is 4.26. The fourth-order valence-corrected chi connectivity index (χ4v) is 1.61. The van der Waals surface area contributed by atoms with Crippen LogP contribution in [0.5, 0.6) is 0 Å². The molecule has 0 saturated heterocycles. The van der Waals surface area contributed by atoms with Gasteiger partial charge in [-0.25, -0.2) is 0 Å². The normalized spacial score (nSPS) is 12.8. The van der Waals surface area contributed by atoms with E-state index in [2.05, 4.69) is 36.8 Å². The first-order chi connectivity index (χ1) is 6.00. The van der Waals surface area contributed by atoms with Crippen molar-refractivity contribution in [3.8, 4) is 0 Å². The van der Waals surface area contributed by atoms with Crippen molar-refractivity contribution in [2.75, 3.05) is 0 Å². The molecule has 0 aliphatic heterocycles. The van der Waals surface area contributed by atoms with Crippen molar-refractivity contribution < 1.29 is 9.90 Å². The zero-order chi connectivity index (χ0) is 10.0. The van der Waals surface area contributed by atoms with E-state index in [4.69, 9.17) is 10.8 Å². The number of nitrogens with one attached hydrogen (secondary N) is 1. The van der Waals surface area contributed by atoms with Crippen molar-refractivity contribution >= 4 is 37.8 Å². The molecule has 1 aromatic rings. The Morgan fingerprint density at radius 2 is 2.31 bits per heavy atom. The Morgan fingerprint density at radius 3 is 2.69 bits per heavy atom. The van der Waals surface area contributed by atoms with Crippen molar-refractivity contribution in [2.45, 2.75) is 12.5 Å². The summed E-state index contributed by atoms with van der Waals surface area (Å²) in [6.45, 7) is 0. The molecule has 0 unspecified atom stereocenters. The standard InChI is InChI=1S/C7H8Br2N2O2/c8-3-1-5(11-7(3)9)4(10)2-6(12)13/h1,4,11H,2,10H2,(H,12,13)/t4-/m0/s1. The first-order valence-corrected chi connectivity index (χ1v) is 5.10. The number of H-pyrrole nitrogens is 1. The van der Waals surface area contributed by atoms with Crippen LogP contribution in [0.4, 0.5) is 0 Å². The van der Waals surface area contributed by atoms with E-state index < -0.39 is 12.0 Å². The Balaban J connectivity index is 2.77. The van der Waals surface area contributed by atoms with Gasteiger partial charge in [0.2, 0.25) is 0 Å². The average molecular weight is 312 g/mol. The largest absolute Gasteiger partial charge is 0.481 e. The second-order valence-electron chi connectivity index (χ2n) is 2.59. The zero-order valence-electron chi connectivity index (χ0n) is 6.55. The maximum absolute atomic E-state index is 10.4. The molecule has 1 aromatic heterocycles. The Labute approximate surface area is 91.8 Å². The lowest BCUT2D eigenvalue weighted by atomic mass is 10.1. The monoisotopic (exact) mass is 310 g/mol. The van der Waals surface area contributed by atoms with Crippen LogP contribution in [0.1, 0.15) is 18.2 Å². The van der Waals surface area contributed by atoms with Gasteiger partial charge in [0.1, 0.15) is 0 Å². The molecule has 0 bridgehead atoms. The lowest BCUT2D eigenvalue weighted by Crippen LogP contribution is -2.15. The third kappa shape index (κ3) is 2.82. The second-order valence-corrected chi connectivity index (χ2v) is 4.24. The minimum atomic E-state index is -0.908. The average Bonchev–Trinajstić information content (AvgIpc) is 2.31. The molecule has 1 rings (SSSR count). The van der Waals surface area contributed by atoms with Gasteiger partial charge >= 0.3 is 5.97 Å². The van der Waals surface area contributed by atoms with Gasteiger partial charge in [0.15, 0.2) is 0 Å². The van der Waals surface area contributed by atoms with E-state index in [1.165, 1.54) is 0 Å². The summed E-state index contributed by atoms with van der Waals surface area (Å²) >= 11 is 6.51. The third-order valence-corrected chi connectivity index (χ3v) is 3.32. The predicted molar refractivity (Wildman–Crippen MR) is 55.4 cm³/mol. The number of halogens is 2. The van der Waals surface area contributed by atoms with Crippen molar-refractivity contribution in [1.29, 1.82) is 0 Å². The van der Waals surface area contributed by atoms with Crippen LogP contribution < -0.4 is 5.73 Å². The summed E-state index contributed by atoms with van der Waals surface area (Å²) in [5.41, 5.74) is 6.32. The summed E-state index contributed by atoms with van der Waals surface area (Å²) in [6, 6.07) is 1.26. The van der Waals surface area contributed by atoms with Crippen molar-refractivity contribution in [2.24, 2.45) is 5.73 Å². The summed E-state index contributed by atoms with van der Waals surface area (Å²) in [4.78, 5) is 13.3. The number of nitrogens with two attached hydrogens (primary N) is 1. The molecule has 6 heteroatoms. The highest BCUT2D eigenvalue weighted by atomic mass is 79.9. The van der Waals surface area contributed by atoms with Crippen LogP contribution >= 0.6 is 31.9 Å². The van der Waals surface area contributed by atoms with Gasteiger partial charge in [0.05, 0.1) is 17.1 Å². The van der Waals surface area contributed by atoms with Crippen LogP contribution in [0.3, 0.4) is 0 Å². The molecule has 0 aliphatic carbocycles. The highest BCUT2D eigenvalue weighted by Crippen LogP contribution is 2.26. The van der Waals surface area contributed by atoms with Gasteiger partial charge in [-0.2, -0.15) is 0 Å². The number of rotatable bonds is 3. The molecule has 0 saturated carbocycles. The van der Waals surface area contributed by atoms with Gasteiger partial charge in [0, 0.05) is 10.2 Å². The minimum absolute atomic E-state index is 0.0839. The lowest BCUT2D eigenvalue weighted by Gasteiger charge is -2.05. The quantitative estimate of drug-likeness (QED) is 0.799. The summed E-state index contributed by atoms with van der Waals surface area (Å²) < 4.78 is 1.60. The summed E-state index contributed by atoms with van der Waals surface area (Å²) in [5, 5.41) is 8.50. The molecule has 0 aromatic carbocycles. The van der Waals surface area contributed by atoms with Crippen LogP contribution in [0, 0.1) is 0 Å². The van der Waals surface area contributed by atoms with E-state index in [-0.39, 0.29) is 6.42 Å². The van der Waals surface area contributed by atoms with Gasteiger partial charge in [-0.15, -0.1) is 0 Å². The van der Waals surface area contributed by atoms with E-state index in [0.29, 0.717) is 5.69 Å². The van der Waals surface area contributed by atoms with E-state index >= 15 is 0 Å². The van der Waals surface area contributed by atoms with Crippen LogP contribution in [0.25, 0.3) is 0 Å². The molecule has 0 spiro atoms. The predicted octanol–water partition coefficient (Wildman–Crippen LogP) is 2.01. The molecule has 4 nitrogen and oxygen atoms in total. The fourth-order valence-electron chi connectivity index (χ4n) is 0.920. The van der Waals surface area contributed by atoms with Gasteiger partial charge in [-0.1, -0.05) is 0 Å². The molecule has 1 atom stereocenters. The van der Waals surface area contributed by atoms with Crippen LogP contribution in [0.2, 0.25) is 0 Å². The van der Waals surface area contributed by atoms with Crippen LogP contribution in [0.15, 0.2) is 15.1 Å². The maximum atomic E-state index is 10.4. The number of carboxylic acid groups (broad SMARTS) is 1. The van der Waals surface area contributed by atoms with Gasteiger partial charge < -0.3 is 15.8 Å². The number of aliphatic carboxylic acids is 1. The smallest absolute Gasteiger partial charge is 0.305 e. The van der Waals surface area contributed by atoms with E-state index in [1.54, 1.807) is 6.07 Å². The van der Waals surface area contributed by atoms with E-state index in [1.807, 2.05) is 0 Å². The van der Waals surface area contributed by atoms with Crippen molar-refractivity contribution in [3.05, 3.63) is 20.8 Å². The Kier molecular flexibility index (Phi) is 3.52. The number of carboxylic acids is 1. The molecule has 0 amide bonds. The third-order valence-electron chi connectivity index (χ3n) is 1.54.